The zero-order valence-electron chi connectivity index (χ0n) is 9.83. The standard InChI is InChI=1S/C12H19N3O/c1-12(5-7-13-8-6-12)11-14-10(15-16-11)9-3-2-4-9/h9,13H,2-8H2,1H3. The summed E-state index contributed by atoms with van der Waals surface area (Å²) in [5.74, 6) is 2.37. The predicted octanol–water partition coefficient (Wildman–Crippen LogP) is 1.98. The molecule has 1 saturated heterocycles. The van der Waals surface area contributed by atoms with Gasteiger partial charge in [-0.25, -0.2) is 0 Å². The summed E-state index contributed by atoms with van der Waals surface area (Å²) in [5, 5.41) is 7.52. The first-order chi connectivity index (χ1) is 7.78. The predicted molar refractivity (Wildman–Crippen MR) is 60.3 cm³/mol. The first-order valence-corrected chi connectivity index (χ1v) is 6.33. The Kier molecular flexibility index (Phi) is 2.46. The minimum absolute atomic E-state index is 0.0975. The van der Waals surface area contributed by atoms with Crippen molar-refractivity contribution >= 4 is 0 Å². The molecule has 2 aliphatic rings. The smallest absolute Gasteiger partial charge is 0.232 e. The zero-order valence-corrected chi connectivity index (χ0v) is 9.83. The number of nitrogens with one attached hydrogen (secondary N) is 1. The number of hydrogen-bond donors (Lipinski definition) is 1. The number of piperidine rings is 1. The quantitative estimate of drug-likeness (QED) is 0.829. The maximum Gasteiger partial charge on any atom is 0.232 e. The zero-order chi connectivity index (χ0) is 11.0. The van der Waals surface area contributed by atoms with Crippen LogP contribution < -0.4 is 5.32 Å². The number of hydrogen-bond acceptors (Lipinski definition) is 4. The molecule has 16 heavy (non-hydrogen) atoms. The molecule has 0 spiro atoms. The van der Waals surface area contributed by atoms with Crippen LogP contribution in [0.3, 0.4) is 0 Å². The van der Waals surface area contributed by atoms with E-state index in [-0.39, 0.29) is 5.41 Å². The van der Waals surface area contributed by atoms with E-state index in [1.54, 1.807) is 0 Å². The van der Waals surface area contributed by atoms with Crippen molar-refractivity contribution in [3.05, 3.63) is 11.7 Å². The van der Waals surface area contributed by atoms with Crippen LogP contribution in [0.1, 0.15) is 56.7 Å². The van der Waals surface area contributed by atoms with Crippen LogP contribution in [0.5, 0.6) is 0 Å². The molecule has 3 rings (SSSR count). The van der Waals surface area contributed by atoms with Gasteiger partial charge in [-0.2, -0.15) is 4.98 Å². The number of aromatic nitrogens is 2. The average molecular weight is 221 g/mol. The van der Waals surface area contributed by atoms with Crippen molar-refractivity contribution < 1.29 is 4.52 Å². The van der Waals surface area contributed by atoms with Gasteiger partial charge in [-0.3, -0.25) is 0 Å². The monoisotopic (exact) mass is 221 g/mol. The van der Waals surface area contributed by atoms with Gasteiger partial charge in [-0.1, -0.05) is 18.5 Å². The fourth-order valence-electron chi connectivity index (χ4n) is 2.50. The Morgan fingerprint density at radius 1 is 1.31 bits per heavy atom. The fourth-order valence-corrected chi connectivity index (χ4v) is 2.50. The fraction of sp³-hybridized carbons (Fsp3) is 0.833. The van der Waals surface area contributed by atoms with Crippen molar-refractivity contribution in [2.75, 3.05) is 13.1 Å². The van der Waals surface area contributed by atoms with E-state index >= 15 is 0 Å². The Morgan fingerprint density at radius 2 is 2.06 bits per heavy atom. The van der Waals surface area contributed by atoms with Crippen LogP contribution in [-0.4, -0.2) is 23.2 Å². The van der Waals surface area contributed by atoms with Crippen molar-refractivity contribution in [1.29, 1.82) is 0 Å². The maximum atomic E-state index is 5.48. The molecule has 88 valence electrons. The van der Waals surface area contributed by atoms with E-state index in [1.165, 1.54) is 19.3 Å². The summed E-state index contributed by atoms with van der Waals surface area (Å²) < 4.78 is 5.48. The van der Waals surface area contributed by atoms with Gasteiger partial charge in [0.15, 0.2) is 5.82 Å². The third kappa shape index (κ3) is 1.65. The van der Waals surface area contributed by atoms with Crippen molar-refractivity contribution in [3.8, 4) is 0 Å². The van der Waals surface area contributed by atoms with Gasteiger partial charge in [0.25, 0.3) is 0 Å². The van der Waals surface area contributed by atoms with E-state index < -0.39 is 0 Å². The van der Waals surface area contributed by atoms with Crippen LogP contribution in [0.4, 0.5) is 0 Å². The van der Waals surface area contributed by atoms with Crippen LogP contribution in [0.2, 0.25) is 0 Å². The molecule has 4 heteroatoms. The Labute approximate surface area is 95.8 Å². The summed E-state index contributed by atoms with van der Waals surface area (Å²) in [6.45, 7) is 4.35. The largest absolute Gasteiger partial charge is 0.339 e. The molecular formula is C12H19N3O. The second-order valence-corrected chi connectivity index (χ2v) is 5.40. The van der Waals surface area contributed by atoms with E-state index in [0.717, 1.165) is 37.6 Å². The van der Waals surface area contributed by atoms with Crippen LogP contribution in [-0.2, 0) is 5.41 Å². The Morgan fingerprint density at radius 3 is 2.69 bits per heavy atom. The molecule has 1 N–H and O–H groups in total. The van der Waals surface area contributed by atoms with Crippen molar-refractivity contribution in [3.63, 3.8) is 0 Å². The van der Waals surface area contributed by atoms with Gasteiger partial charge < -0.3 is 9.84 Å². The van der Waals surface area contributed by atoms with Crippen LogP contribution in [0.15, 0.2) is 4.52 Å². The first kappa shape index (κ1) is 10.3. The molecule has 1 aromatic rings. The highest BCUT2D eigenvalue weighted by Crippen LogP contribution is 2.37. The third-order valence-corrected chi connectivity index (χ3v) is 4.14. The van der Waals surface area contributed by atoms with Crippen LogP contribution in [0.25, 0.3) is 0 Å². The molecule has 1 aliphatic carbocycles. The van der Waals surface area contributed by atoms with E-state index in [9.17, 15) is 0 Å². The molecule has 2 heterocycles. The molecule has 4 nitrogen and oxygen atoms in total. The molecule has 1 saturated carbocycles. The highest BCUT2D eigenvalue weighted by Gasteiger charge is 2.35. The molecule has 0 unspecified atom stereocenters. The minimum atomic E-state index is 0.0975. The molecule has 2 fully saturated rings. The van der Waals surface area contributed by atoms with Gasteiger partial charge in [-0.05, 0) is 38.8 Å². The van der Waals surface area contributed by atoms with Gasteiger partial charge in [0.05, 0.1) is 0 Å². The minimum Gasteiger partial charge on any atom is -0.339 e. The summed E-state index contributed by atoms with van der Waals surface area (Å²) in [6.07, 6.45) is 5.98. The SMILES string of the molecule is CC1(c2nc(C3CCC3)no2)CCNCC1. The number of nitrogens with zero attached hydrogens (tertiary/aromatic N) is 2. The van der Waals surface area contributed by atoms with Crippen molar-refractivity contribution in [2.24, 2.45) is 0 Å². The molecule has 0 radical (unpaired) electrons. The molecular weight excluding hydrogens is 202 g/mol. The summed E-state index contributed by atoms with van der Waals surface area (Å²) in [7, 11) is 0. The first-order valence-electron chi connectivity index (χ1n) is 6.33. The Bertz CT molecular complexity index is 364. The molecule has 1 aliphatic heterocycles. The van der Waals surface area contributed by atoms with E-state index in [0.29, 0.717) is 5.92 Å². The number of rotatable bonds is 2. The Balaban J connectivity index is 1.79. The molecule has 0 bridgehead atoms. The van der Waals surface area contributed by atoms with Gasteiger partial charge >= 0.3 is 0 Å². The van der Waals surface area contributed by atoms with Gasteiger partial charge in [0.2, 0.25) is 5.89 Å². The molecule has 0 atom stereocenters. The lowest BCUT2D eigenvalue weighted by molar-refractivity contribution is 0.239. The molecule has 0 aromatic carbocycles. The lowest BCUT2D eigenvalue weighted by Gasteiger charge is -2.30. The average Bonchev–Trinajstić information content (AvgIpc) is 2.66. The maximum absolute atomic E-state index is 5.48. The van der Waals surface area contributed by atoms with Gasteiger partial charge in [0, 0.05) is 11.3 Å². The van der Waals surface area contributed by atoms with Crippen LogP contribution in [0, 0.1) is 0 Å². The lowest BCUT2D eigenvalue weighted by Crippen LogP contribution is -2.37. The van der Waals surface area contributed by atoms with E-state index in [1.807, 2.05) is 0 Å². The second kappa shape index (κ2) is 3.84. The summed E-state index contributed by atoms with van der Waals surface area (Å²) >= 11 is 0. The topological polar surface area (TPSA) is 51.0 Å². The van der Waals surface area contributed by atoms with E-state index in [2.05, 4.69) is 22.4 Å². The van der Waals surface area contributed by atoms with Crippen LogP contribution >= 0.6 is 0 Å². The van der Waals surface area contributed by atoms with Gasteiger partial charge in [0.1, 0.15) is 0 Å². The summed E-state index contributed by atoms with van der Waals surface area (Å²) in [4.78, 5) is 4.62. The van der Waals surface area contributed by atoms with E-state index in [4.69, 9.17) is 4.52 Å². The summed E-state index contributed by atoms with van der Waals surface area (Å²) in [5.41, 5.74) is 0.0975. The van der Waals surface area contributed by atoms with Gasteiger partial charge in [-0.15, -0.1) is 0 Å². The second-order valence-electron chi connectivity index (χ2n) is 5.40. The highest BCUT2D eigenvalue weighted by molar-refractivity contribution is 5.08. The highest BCUT2D eigenvalue weighted by atomic mass is 16.5. The molecule has 0 amide bonds. The Hall–Kier alpha value is -0.900. The molecule has 1 aromatic heterocycles. The van der Waals surface area contributed by atoms with Crippen molar-refractivity contribution in [2.45, 2.75) is 50.4 Å². The lowest BCUT2D eigenvalue weighted by atomic mass is 9.80. The van der Waals surface area contributed by atoms with Crippen molar-refractivity contribution in [1.82, 2.24) is 15.5 Å². The summed E-state index contributed by atoms with van der Waals surface area (Å²) in [6, 6.07) is 0. The third-order valence-electron chi connectivity index (χ3n) is 4.14. The normalized spacial score (nSPS) is 25.3.